The molecule has 3 heteroatoms. The highest BCUT2D eigenvalue weighted by molar-refractivity contribution is 4.84. The van der Waals surface area contributed by atoms with Gasteiger partial charge < -0.3 is 10.2 Å². The van der Waals surface area contributed by atoms with Crippen molar-refractivity contribution in [3.8, 4) is 0 Å². The summed E-state index contributed by atoms with van der Waals surface area (Å²) < 4.78 is 0. The Bertz CT molecular complexity index is 244. The quantitative estimate of drug-likeness (QED) is 0.824. The number of rotatable bonds is 4. The summed E-state index contributed by atoms with van der Waals surface area (Å²) in [6.45, 7) is 7.50. The Morgan fingerprint density at radius 2 is 2.00 bits per heavy atom. The summed E-state index contributed by atoms with van der Waals surface area (Å²) in [5, 5.41) is 3.51. The molecule has 0 spiro atoms. The molecule has 0 bridgehead atoms. The molecule has 0 radical (unpaired) electrons. The van der Waals surface area contributed by atoms with Gasteiger partial charge in [-0.15, -0.1) is 0 Å². The van der Waals surface area contributed by atoms with E-state index in [0.717, 1.165) is 18.0 Å². The Morgan fingerprint density at radius 3 is 2.78 bits per heavy atom. The van der Waals surface area contributed by atoms with E-state index >= 15 is 0 Å². The molecule has 0 amide bonds. The molecule has 1 aliphatic carbocycles. The molecular formula is C15H31N3. The first kappa shape index (κ1) is 14.3. The van der Waals surface area contributed by atoms with Crippen molar-refractivity contribution in [2.45, 2.75) is 51.1 Å². The molecule has 2 fully saturated rings. The summed E-state index contributed by atoms with van der Waals surface area (Å²) in [4.78, 5) is 5.20. The molecule has 1 heterocycles. The minimum Gasteiger partial charge on any atom is -0.317 e. The number of nitrogens with zero attached hydrogens (tertiary/aromatic N) is 2. The lowest BCUT2D eigenvalue weighted by molar-refractivity contribution is 0.185. The maximum atomic E-state index is 3.51. The van der Waals surface area contributed by atoms with Crippen molar-refractivity contribution in [1.29, 1.82) is 0 Å². The van der Waals surface area contributed by atoms with E-state index in [4.69, 9.17) is 0 Å². The molecule has 1 N–H and O–H groups in total. The maximum absolute atomic E-state index is 3.51. The van der Waals surface area contributed by atoms with Crippen LogP contribution in [0.3, 0.4) is 0 Å². The van der Waals surface area contributed by atoms with Gasteiger partial charge in [-0.3, -0.25) is 4.90 Å². The lowest BCUT2D eigenvalue weighted by atomic mass is 9.99. The van der Waals surface area contributed by atoms with Crippen LogP contribution in [0.25, 0.3) is 0 Å². The van der Waals surface area contributed by atoms with Gasteiger partial charge in [-0.25, -0.2) is 0 Å². The van der Waals surface area contributed by atoms with E-state index in [2.05, 4.69) is 36.1 Å². The third-order valence-corrected chi connectivity index (χ3v) is 5.00. The van der Waals surface area contributed by atoms with Gasteiger partial charge in [0.15, 0.2) is 0 Å². The van der Waals surface area contributed by atoms with Gasteiger partial charge in [0.05, 0.1) is 0 Å². The molecule has 3 nitrogen and oxygen atoms in total. The largest absolute Gasteiger partial charge is 0.317 e. The second-order valence-corrected chi connectivity index (χ2v) is 6.38. The zero-order valence-electron chi connectivity index (χ0n) is 12.5. The van der Waals surface area contributed by atoms with Crippen LogP contribution in [0, 0.1) is 5.92 Å². The van der Waals surface area contributed by atoms with Gasteiger partial charge in [-0.2, -0.15) is 0 Å². The van der Waals surface area contributed by atoms with Crippen molar-refractivity contribution in [2.75, 3.05) is 40.3 Å². The fourth-order valence-electron chi connectivity index (χ4n) is 3.85. The summed E-state index contributed by atoms with van der Waals surface area (Å²) in [5.74, 6) is 0.920. The SMILES string of the molecule is CNC1CCCC1CCN1CCCN(C)CC1C. The molecule has 3 atom stereocenters. The minimum atomic E-state index is 0.729. The highest BCUT2D eigenvalue weighted by Gasteiger charge is 2.27. The van der Waals surface area contributed by atoms with E-state index < -0.39 is 0 Å². The van der Waals surface area contributed by atoms with Crippen molar-refractivity contribution in [3.05, 3.63) is 0 Å². The monoisotopic (exact) mass is 253 g/mol. The molecule has 1 saturated carbocycles. The predicted octanol–water partition coefficient (Wildman–Crippen LogP) is 1.79. The zero-order valence-corrected chi connectivity index (χ0v) is 12.5. The van der Waals surface area contributed by atoms with Crippen LogP contribution >= 0.6 is 0 Å². The highest BCUT2D eigenvalue weighted by Crippen LogP contribution is 2.28. The number of hydrogen-bond acceptors (Lipinski definition) is 3. The number of hydrogen-bond donors (Lipinski definition) is 1. The van der Waals surface area contributed by atoms with Crippen molar-refractivity contribution in [3.63, 3.8) is 0 Å². The lowest BCUT2D eigenvalue weighted by Gasteiger charge is -2.30. The summed E-state index contributed by atoms with van der Waals surface area (Å²) in [7, 11) is 4.39. The first-order chi connectivity index (χ1) is 8.70. The van der Waals surface area contributed by atoms with E-state index in [1.165, 1.54) is 58.3 Å². The molecule has 2 rings (SSSR count). The standard InChI is InChI=1S/C15H31N3/c1-13-12-17(3)9-5-10-18(13)11-8-14-6-4-7-15(14)16-2/h13-16H,4-12H2,1-3H3. The van der Waals surface area contributed by atoms with Crippen LogP contribution in [0.4, 0.5) is 0 Å². The Balaban J connectivity index is 1.78. The first-order valence-corrected chi connectivity index (χ1v) is 7.80. The Morgan fingerprint density at radius 1 is 1.17 bits per heavy atom. The van der Waals surface area contributed by atoms with Gasteiger partial charge in [-0.1, -0.05) is 6.42 Å². The van der Waals surface area contributed by atoms with Gasteiger partial charge in [0.1, 0.15) is 0 Å². The van der Waals surface area contributed by atoms with E-state index in [1.54, 1.807) is 0 Å². The predicted molar refractivity (Wildman–Crippen MR) is 78.0 cm³/mol. The van der Waals surface area contributed by atoms with Gasteiger partial charge in [0.2, 0.25) is 0 Å². The molecule has 0 aromatic rings. The summed E-state index contributed by atoms with van der Waals surface area (Å²) in [6, 6.07) is 1.52. The van der Waals surface area contributed by atoms with Crippen LogP contribution in [0.5, 0.6) is 0 Å². The summed E-state index contributed by atoms with van der Waals surface area (Å²) in [6.07, 6.45) is 6.97. The summed E-state index contributed by atoms with van der Waals surface area (Å²) >= 11 is 0. The lowest BCUT2D eigenvalue weighted by Crippen LogP contribution is -2.40. The van der Waals surface area contributed by atoms with Crippen LogP contribution < -0.4 is 5.32 Å². The molecule has 1 aliphatic heterocycles. The van der Waals surface area contributed by atoms with Crippen LogP contribution in [-0.2, 0) is 0 Å². The molecule has 0 aromatic carbocycles. The fourth-order valence-corrected chi connectivity index (χ4v) is 3.85. The zero-order chi connectivity index (χ0) is 13.0. The minimum absolute atomic E-state index is 0.729. The smallest absolute Gasteiger partial charge is 0.0194 e. The van der Waals surface area contributed by atoms with Crippen LogP contribution in [0.15, 0.2) is 0 Å². The van der Waals surface area contributed by atoms with Crippen molar-refractivity contribution in [1.82, 2.24) is 15.1 Å². The molecular weight excluding hydrogens is 222 g/mol. The van der Waals surface area contributed by atoms with E-state index in [0.29, 0.717) is 0 Å². The van der Waals surface area contributed by atoms with Gasteiger partial charge in [0, 0.05) is 18.6 Å². The second kappa shape index (κ2) is 6.88. The Hall–Kier alpha value is -0.120. The second-order valence-electron chi connectivity index (χ2n) is 6.38. The third-order valence-electron chi connectivity index (χ3n) is 5.00. The average molecular weight is 253 g/mol. The van der Waals surface area contributed by atoms with Crippen molar-refractivity contribution in [2.24, 2.45) is 5.92 Å². The number of nitrogens with one attached hydrogen (secondary N) is 1. The Kier molecular flexibility index (Phi) is 5.46. The van der Waals surface area contributed by atoms with Crippen molar-refractivity contribution < 1.29 is 0 Å². The molecule has 0 aromatic heterocycles. The Labute approximate surface area is 113 Å². The maximum Gasteiger partial charge on any atom is 0.0194 e. The molecule has 106 valence electrons. The fraction of sp³-hybridized carbons (Fsp3) is 1.00. The van der Waals surface area contributed by atoms with Gasteiger partial charge in [-0.05, 0) is 72.3 Å². The molecule has 18 heavy (non-hydrogen) atoms. The number of likely N-dealkylation sites (N-methyl/N-ethyl adjacent to an activating group) is 1. The molecule has 2 aliphatic rings. The van der Waals surface area contributed by atoms with E-state index in [1.807, 2.05) is 0 Å². The van der Waals surface area contributed by atoms with E-state index in [-0.39, 0.29) is 0 Å². The first-order valence-electron chi connectivity index (χ1n) is 7.80. The highest BCUT2D eigenvalue weighted by atomic mass is 15.2. The molecule has 1 saturated heterocycles. The average Bonchev–Trinajstić information content (AvgIpc) is 2.73. The van der Waals surface area contributed by atoms with Crippen molar-refractivity contribution >= 4 is 0 Å². The van der Waals surface area contributed by atoms with Crippen LogP contribution in [0.1, 0.15) is 39.0 Å². The normalized spacial score (nSPS) is 35.8. The van der Waals surface area contributed by atoms with Crippen LogP contribution in [-0.4, -0.2) is 62.2 Å². The van der Waals surface area contributed by atoms with Gasteiger partial charge >= 0.3 is 0 Å². The van der Waals surface area contributed by atoms with Crippen LogP contribution in [0.2, 0.25) is 0 Å². The van der Waals surface area contributed by atoms with E-state index in [9.17, 15) is 0 Å². The van der Waals surface area contributed by atoms with Gasteiger partial charge in [0.25, 0.3) is 0 Å². The molecule has 3 unspecified atom stereocenters. The summed E-state index contributed by atoms with van der Waals surface area (Å²) in [5.41, 5.74) is 0. The topological polar surface area (TPSA) is 18.5 Å². The third kappa shape index (κ3) is 3.69.